The lowest BCUT2D eigenvalue weighted by Crippen LogP contribution is -2.44. The van der Waals surface area contributed by atoms with Crippen molar-refractivity contribution in [3.05, 3.63) is 10.1 Å². The topological polar surface area (TPSA) is 111 Å². The molecule has 2 rings (SSSR count). The van der Waals surface area contributed by atoms with Crippen LogP contribution in [0.2, 0.25) is 0 Å². The maximum atomic E-state index is 11.9. The van der Waals surface area contributed by atoms with E-state index in [9.17, 15) is 19.7 Å². The third-order valence-corrected chi connectivity index (χ3v) is 5.12. The summed E-state index contributed by atoms with van der Waals surface area (Å²) in [5.41, 5.74) is 0. The molecule has 8 nitrogen and oxygen atoms in total. The highest BCUT2D eigenvalue weighted by molar-refractivity contribution is 8.14. The average molecular weight is 331 g/mol. The standard InChI is InChI=1S/C13H21N3O5S/c17-12(11-8-22-13(18)15-11)14-7-10-3-1-9(2-4-10)5-6-21-16(19)20/h9-11H,1-8H2,(H,14,17)(H,15,18)/t9?,10?,11-/m0/s1. The lowest BCUT2D eigenvalue weighted by molar-refractivity contribution is -0.758. The summed E-state index contributed by atoms with van der Waals surface area (Å²) in [6, 6.07) is -0.409. The fourth-order valence-electron chi connectivity index (χ4n) is 2.91. The van der Waals surface area contributed by atoms with E-state index < -0.39 is 11.1 Å². The molecule has 124 valence electrons. The van der Waals surface area contributed by atoms with Gasteiger partial charge < -0.3 is 15.5 Å². The summed E-state index contributed by atoms with van der Waals surface area (Å²) in [6.07, 6.45) is 4.75. The highest BCUT2D eigenvalue weighted by atomic mass is 32.2. The van der Waals surface area contributed by atoms with Crippen molar-refractivity contribution in [3.63, 3.8) is 0 Å². The fraction of sp³-hybridized carbons (Fsp3) is 0.846. The van der Waals surface area contributed by atoms with Crippen molar-refractivity contribution in [3.8, 4) is 0 Å². The summed E-state index contributed by atoms with van der Waals surface area (Å²) in [7, 11) is 0. The molecule has 0 spiro atoms. The number of carbonyl (C=O) groups excluding carboxylic acids is 2. The Bertz CT molecular complexity index is 426. The van der Waals surface area contributed by atoms with Crippen LogP contribution in [0.3, 0.4) is 0 Å². The van der Waals surface area contributed by atoms with Gasteiger partial charge in [-0.15, -0.1) is 10.1 Å². The number of amides is 2. The Morgan fingerprint density at radius 2 is 2.05 bits per heavy atom. The number of carbonyl (C=O) groups is 2. The zero-order valence-corrected chi connectivity index (χ0v) is 13.1. The quantitative estimate of drug-likeness (QED) is 0.538. The SMILES string of the molecule is O=C1N[C@H](C(=O)NCC2CCC(CCO[N+](=O)[O-])CC2)CS1. The molecule has 1 heterocycles. The van der Waals surface area contributed by atoms with Crippen LogP contribution in [0.15, 0.2) is 0 Å². The van der Waals surface area contributed by atoms with Crippen molar-refractivity contribution in [1.29, 1.82) is 0 Å². The summed E-state index contributed by atoms with van der Waals surface area (Å²) in [5, 5.41) is 14.7. The summed E-state index contributed by atoms with van der Waals surface area (Å²) < 4.78 is 0. The number of nitrogens with one attached hydrogen (secondary N) is 2. The Morgan fingerprint density at radius 1 is 1.36 bits per heavy atom. The van der Waals surface area contributed by atoms with Gasteiger partial charge in [-0.25, -0.2) is 0 Å². The van der Waals surface area contributed by atoms with Crippen molar-refractivity contribution < 1.29 is 19.5 Å². The minimum atomic E-state index is -0.749. The van der Waals surface area contributed by atoms with E-state index in [1.807, 2.05) is 0 Å². The van der Waals surface area contributed by atoms with Crippen molar-refractivity contribution in [1.82, 2.24) is 10.6 Å². The van der Waals surface area contributed by atoms with Crippen LogP contribution >= 0.6 is 11.8 Å². The van der Waals surface area contributed by atoms with Gasteiger partial charge in [-0.2, -0.15) is 0 Å². The minimum Gasteiger partial charge on any atom is -0.354 e. The molecular weight excluding hydrogens is 310 g/mol. The Morgan fingerprint density at radius 3 is 2.64 bits per heavy atom. The van der Waals surface area contributed by atoms with Crippen LogP contribution in [0.4, 0.5) is 4.79 Å². The third kappa shape index (κ3) is 5.36. The minimum absolute atomic E-state index is 0.111. The maximum absolute atomic E-state index is 11.9. The van der Waals surface area contributed by atoms with Gasteiger partial charge in [-0.05, 0) is 31.1 Å². The first-order chi connectivity index (χ1) is 10.5. The molecule has 0 aromatic heterocycles. The number of hydrogen-bond donors (Lipinski definition) is 2. The molecule has 0 aromatic carbocycles. The van der Waals surface area contributed by atoms with Gasteiger partial charge in [0, 0.05) is 12.3 Å². The molecule has 1 saturated carbocycles. The van der Waals surface area contributed by atoms with E-state index in [2.05, 4.69) is 15.5 Å². The Kier molecular flexibility index (Phi) is 6.29. The zero-order chi connectivity index (χ0) is 15.9. The Hall–Kier alpha value is -1.51. The van der Waals surface area contributed by atoms with Crippen molar-refractivity contribution in [2.24, 2.45) is 11.8 Å². The normalized spacial score (nSPS) is 28.0. The highest BCUT2D eigenvalue weighted by Gasteiger charge is 2.28. The Labute approximate surface area is 132 Å². The molecule has 2 fully saturated rings. The molecule has 0 unspecified atom stereocenters. The van der Waals surface area contributed by atoms with Gasteiger partial charge in [-0.1, -0.05) is 24.6 Å². The summed E-state index contributed by atoms with van der Waals surface area (Å²) in [5.74, 6) is 1.30. The first-order valence-electron chi connectivity index (χ1n) is 7.53. The maximum Gasteiger partial charge on any atom is 0.294 e. The molecule has 1 aliphatic heterocycles. The second-order valence-corrected chi connectivity index (χ2v) is 6.77. The van der Waals surface area contributed by atoms with E-state index in [0.29, 0.717) is 30.6 Å². The molecule has 22 heavy (non-hydrogen) atoms. The van der Waals surface area contributed by atoms with Gasteiger partial charge in [0.1, 0.15) is 6.04 Å². The number of thioether (sulfide) groups is 1. The predicted molar refractivity (Wildman–Crippen MR) is 80.8 cm³/mol. The predicted octanol–water partition coefficient (Wildman–Crippen LogP) is 1.33. The van der Waals surface area contributed by atoms with E-state index in [1.165, 1.54) is 0 Å². The monoisotopic (exact) mass is 331 g/mol. The molecule has 0 radical (unpaired) electrons. The van der Waals surface area contributed by atoms with E-state index in [1.54, 1.807) is 0 Å². The van der Waals surface area contributed by atoms with E-state index in [4.69, 9.17) is 0 Å². The van der Waals surface area contributed by atoms with Gasteiger partial charge in [0.25, 0.3) is 10.3 Å². The second kappa shape index (κ2) is 8.21. The molecule has 1 saturated heterocycles. The smallest absolute Gasteiger partial charge is 0.294 e. The van der Waals surface area contributed by atoms with E-state index in [0.717, 1.165) is 37.4 Å². The molecule has 1 aliphatic carbocycles. The van der Waals surface area contributed by atoms with Crippen LogP contribution in [-0.2, 0) is 9.63 Å². The van der Waals surface area contributed by atoms with Crippen LogP contribution < -0.4 is 10.6 Å². The third-order valence-electron chi connectivity index (χ3n) is 4.24. The zero-order valence-electron chi connectivity index (χ0n) is 12.3. The van der Waals surface area contributed by atoms with Gasteiger partial charge in [-0.3, -0.25) is 9.59 Å². The molecule has 0 bridgehead atoms. The first kappa shape index (κ1) is 16.9. The van der Waals surface area contributed by atoms with Gasteiger partial charge in [0.05, 0.1) is 6.61 Å². The molecule has 9 heteroatoms. The lowest BCUT2D eigenvalue weighted by Gasteiger charge is -2.28. The van der Waals surface area contributed by atoms with Gasteiger partial charge >= 0.3 is 0 Å². The van der Waals surface area contributed by atoms with Gasteiger partial charge in [0.15, 0.2) is 0 Å². The van der Waals surface area contributed by atoms with Crippen LogP contribution in [-0.4, -0.2) is 41.2 Å². The van der Waals surface area contributed by atoms with Crippen molar-refractivity contribution >= 4 is 22.9 Å². The van der Waals surface area contributed by atoms with Crippen molar-refractivity contribution in [2.45, 2.75) is 38.1 Å². The molecule has 1 atom stereocenters. The molecular formula is C13H21N3O5S. The molecule has 2 N–H and O–H groups in total. The second-order valence-electron chi connectivity index (χ2n) is 5.77. The highest BCUT2D eigenvalue weighted by Crippen LogP contribution is 2.30. The molecule has 0 aromatic rings. The lowest BCUT2D eigenvalue weighted by atomic mass is 9.80. The van der Waals surface area contributed by atoms with E-state index >= 15 is 0 Å². The largest absolute Gasteiger partial charge is 0.354 e. The van der Waals surface area contributed by atoms with Crippen molar-refractivity contribution in [2.75, 3.05) is 18.9 Å². The number of rotatable bonds is 7. The summed E-state index contributed by atoms with van der Waals surface area (Å²) in [6.45, 7) is 0.798. The van der Waals surface area contributed by atoms with Gasteiger partial charge in [0.2, 0.25) is 5.91 Å². The van der Waals surface area contributed by atoms with E-state index in [-0.39, 0.29) is 17.8 Å². The number of hydrogen-bond acceptors (Lipinski definition) is 6. The first-order valence-corrected chi connectivity index (χ1v) is 8.51. The van der Waals surface area contributed by atoms with Crippen LogP contribution in [0.1, 0.15) is 32.1 Å². The van der Waals surface area contributed by atoms with Crippen LogP contribution in [0.5, 0.6) is 0 Å². The molecule has 2 amide bonds. The number of nitrogens with zero attached hydrogens (tertiary/aromatic N) is 1. The average Bonchev–Trinajstić information content (AvgIpc) is 2.92. The summed E-state index contributed by atoms with van der Waals surface area (Å²) in [4.78, 5) is 37.4. The Balaban J connectivity index is 1.58. The van der Waals surface area contributed by atoms with Crippen LogP contribution in [0.25, 0.3) is 0 Å². The molecule has 2 aliphatic rings. The van der Waals surface area contributed by atoms with Crippen LogP contribution in [0, 0.1) is 22.0 Å². The summed E-state index contributed by atoms with van der Waals surface area (Å²) >= 11 is 1.13. The fourth-order valence-corrected chi connectivity index (χ4v) is 3.69.